The van der Waals surface area contributed by atoms with Crippen LogP contribution in [0.3, 0.4) is 0 Å². The summed E-state index contributed by atoms with van der Waals surface area (Å²) in [6.07, 6.45) is 0.566. The summed E-state index contributed by atoms with van der Waals surface area (Å²) in [7, 11) is -1.65. The van der Waals surface area contributed by atoms with E-state index in [9.17, 15) is 13.2 Å². The van der Waals surface area contributed by atoms with Crippen LogP contribution in [0.1, 0.15) is 45.1 Å². The maximum Gasteiger partial charge on any atom is 0.221 e. The molecule has 0 radical (unpaired) electrons. The molecule has 0 aliphatic carbocycles. The number of ether oxygens (including phenoxy) is 1. The average Bonchev–Trinajstić information content (AvgIpc) is 3.21. The molecule has 3 aromatic carbocycles. The van der Waals surface area contributed by atoms with Crippen LogP contribution in [0.5, 0.6) is 5.75 Å². The van der Waals surface area contributed by atoms with Crippen molar-refractivity contribution in [1.29, 1.82) is 0 Å². The molecular weight excluding hydrogens is 474 g/mol. The highest BCUT2D eigenvalue weighted by atomic mass is 32.2. The van der Waals surface area contributed by atoms with Gasteiger partial charge in [-0.05, 0) is 73.0 Å². The van der Waals surface area contributed by atoms with Crippen LogP contribution in [-0.2, 0) is 21.1 Å². The summed E-state index contributed by atoms with van der Waals surface area (Å²) in [5, 5.41) is 2.85. The zero-order chi connectivity index (χ0) is 26.0. The van der Waals surface area contributed by atoms with Gasteiger partial charge in [0, 0.05) is 25.1 Å². The van der Waals surface area contributed by atoms with Gasteiger partial charge in [0.15, 0.2) is 9.84 Å². The number of rotatable bonds is 8. The molecule has 0 bridgehead atoms. The maximum atomic E-state index is 12.3. The zero-order valence-corrected chi connectivity index (χ0v) is 22.0. The molecule has 1 N–H and O–H groups in total. The van der Waals surface area contributed by atoms with Crippen LogP contribution >= 0.6 is 0 Å². The summed E-state index contributed by atoms with van der Waals surface area (Å²) < 4.78 is 32.2. The van der Waals surface area contributed by atoms with Crippen LogP contribution in [0.25, 0.3) is 22.2 Å². The molecule has 8 heteroatoms. The monoisotopic (exact) mass is 505 g/mol. The van der Waals surface area contributed by atoms with E-state index >= 15 is 0 Å². The van der Waals surface area contributed by atoms with E-state index in [2.05, 4.69) is 23.7 Å². The number of imidazole rings is 1. The molecule has 0 aliphatic rings. The van der Waals surface area contributed by atoms with E-state index in [1.807, 2.05) is 48.5 Å². The number of carbonyl (C=O) groups is 1. The van der Waals surface area contributed by atoms with Crippen molar-refractivity contribution in [3.63, 3.8) is 0 Å². The Hall–Kier alpha value is -3.65. The molecular formula is C28H31N3O4S. The molecule has 0 fully saturated rings. The third-order valence-corrected chi connectivity index (χ3v) is 7.92. The molecule has 188 valence electrons. The van der Waals surface area contributed by atoms with E-state index in [1.165, 1.54) is 6.92 Å². The minimum absolute atomic E-state index is 0.0613. The summed E-state index contributed by atoms with van der Waals surface area (Å²) in [6.45, 7) is 7.35. The number of nitrogens with one attached hydrogen (secondary N) is 1. The van der Waals surface area contributed by atoms with Gasteiger partial charge >= 0.3 is 0 Å². The molecule has 36 heavy (non-hydrogen) atoms. The SMILES string of the molecule is CCS(=O)(=O)c1ccc(-c2cc(OC)ccc2Cc2nc3ccc(NC(C)=O)cc3n2C(C)C)cc1. The van der Waals surface area contributed by atoms with Crippen LogP contribution in [0, 0.1) is 0 Å². The highest BCUT2D eigenvalue weighted by Gasteiger charge is 2.18. The fourth-order valence-corrected chi connectivity index (χ4v) is 5.29. The van der Waals surface area contributed by atoms with Crippen LogP contribution in [0.4, 0.5) is 5.69 Å². The first-order valence-electron chi connectivity index (χ1n) is 11.9. The summed E-state index contributed by atoms with van der Waals surface area (Å²) >= 11 is 0. The number of aromatic nitrogens is 2. The summed E-state index contributed by atoms with van der Waals surface area (Å²) in [5.41, 5.74) is 5.44. The Labute approximate surface area is 212 Å². The Bertz CT molecular complexity index is 1520. The van der Waals surface area contributed by atoms with Gasteiger partial charge in [0.2, 0.25) is 5.91 Å². The summed E-state index contributed by atoms with van der Waals surface area (Å²) in [4.78, 5) is 16.8. The molecule has 4 aromatic rings. The Kier molecular flexibility index (Phi) is 7.17. The first-order valence-corrected chi connectivity index (χ1v) is 13.6. The molecule has 1 amide bonds. The fraction of sp³-hybridized carbons (Fsp3) is 0.286. The minimum Gasteiger partial charge on any atom is -0.497 e. The molecule has 0 saturated heterocycles. The van der Waals surface area contributed by atoms with Gasteiger partial charge in [-0.1, -0.05) is 25.1 Å². The molecule has 4 rings (SSSR count). The molecule has 0 unspecified atom stereocenters. The van der Waals surface area contributed by atoms with E-state index < -0.39 is 9.84 Å². The zero-order valence-electron chi connectivity index (χ0n) is 21.2. The second kappa shape index (κ2) is 10.1. The normalized spacial score (nSPS) is 11.7. The van der Waals surface area contributed by atoms with E-state index in [-0.39, 0.29) is 17.7 Å². The number of carbonyl (C=O) groups excluding carboxylic acids is 1. The number of nitrogens with zero attached hydrogens (tertiary/aromatic N) is 2. The van der Waals surface area contributed by atoms with Crippen molar-refractivity contribution in [2.75, 3.05) is 18.2 Å². The van der Waals surface area contributed by atoms with Gasteiger partial charge < -0.3 is 14.6 Å². The average molecular weight is 506 g/mol. The van der Waals surface area contributed by atoms with Crippen molar-refractivity contribution in [3.8, 4) is 16.9 Å². The fourth-order valence-electron chi connectivity index (χ4n) is 4.41. The van der Waals surface area contributed by atoms with Gasteiger partial charge in [0.1, 0.15) is 11.6 Å². The predicted molar refractivity (Wildman–Crippen MR) is 143 cm³/mol. The Balaban J connectivity index is 1.80. The third kappa shape index (κ3) is 5.14. The Morgan fingerprint density at radius 2 is 1.78 bits per heavy atom. The van der Waals surface area contributed by atoms with Gasteiger partial charge in [0.25, 0.3) is 0 Å². The first-order chi connectivity index (χ1) is 17.1. The number of sulfone groups is 1. The molecule has 0 atom stereocenters. The number of hydrogen-bond donors (Lipinski definition) is 1. The highest BCUT2D eigenvalue weighted by Crippen LogP contribution is 2.32. The van der Waals surface area contributed by atoms with Gasteiger partial charge in [0.05, 0.1) is 28.8 Å². The van der Waals surface area contributed by atoms with Gasteiger partial charge in [-0.3, -0.25) is 4.79 Å². The standard InChI is InChI=1S/C28H31N3O4S/c1-6-36(33,34)24-12-8-20(9-13-24)25-17-23(35-5)11-7-21(25)15-28-30-26-14-10-22(29-19(4)32)16-27(26)31(28)18(2)3/h7-14,16-18H,6,15H2,1-5H3,(H,29,32). The second-order valence-corrected chi connectivity index (χ2v) is 11.3. The smallest absolute Gasteiger partial charge is 0.221 e. The van der Waals surface area contributed by atoms with Crippen molar-refractivity contribution in [3.05, 3.63) is 72.1 Å². The second-order valence-electron chi connectivity index (χ2n) is 9.00. The lowest BCUT2D eigenvalue weighted by Crippen LogP contribution is -2.08. The molecule has 0 saturated carbocycles. The maximum absolute atomic E-state index is 12.3. The van der Waals surface area contributed by atoms with Crippen LogP contribution < -0.4 is 10.1 Å². The molecule has 0 spiro atoms. The number of amides is 1. The predicted octanol–water partition coefficient (Wildman–Crippen LogP) is 5.64. The van der Waals surface area contributed by atoms with Crippen molar-refractivity contribution >= 4 is 32.5 Å². The third-order valence-electron chi connectivity index (χ3n) is 6.17. The lowest BCUT2D eigenvalue weighted by Gasteiger charge is -2.16. The van der Waals surface area contributed by atoms with Crippen molar-refractivity contribution in [1.82, 2.24) is 9.55 Å². The molecule has 7 nitrogen and oxygen atoms in total. The molecule has 1 heterocycles. The quantitative estimate of drug-likeness (QED) is 0.335. The Morgan fingerprint density at radius 1 is 1.06 bits per heavy atom. The number of methoxy groups -OCH3 is 1. The summed E-state index contributed by atoms with van der Waals surface area (Å²) in [6, 6.07) is 18.8. The van der Waals surface area contributed by atoms with Gasteiger partial charge in [-0.2, -0.15) is 0 Å². The van der Waals surface area contributed by atoms with Crippen molar-refractivity contribution in [2.45, 2.75) is 45.1 Å². The number of hydrogen-bond acceptors (Lipinski definition) is 5. The Morgan fingerprint density at radius 3 is 2.39 bits per heavy atom. The molecule has 0 aliphatic heterocycles. The lowest BCUT2D eigenvalue weighted by atomic mass is 9.97. The van der Waals surface area contributed by atoms with Crippen molar-refractivity contribution in [2.24, 2.45) is 0 Å². The molecule has 1 aromatic heterocycles. The van der Waals surface area contributed by atoms with E-state index in [0.29, 0.717) is 11.3 Å². The topological polar surface area (TPSA) is 90.3 Å². The lowest BCUT2D eigenvalue weighted by molar-refractivity contribution is -0.114. The van der Waals surface area contributed by atoms with Gasteiger partial charge in [-0.15, -0.1) is 0 Å². The first kappa shape index (κ1) is 25.4. The van der Waals surface area contributed by atoms with E-state index in [1.54, 1.807) is 26.2 Å². The number of anilines is 1. The van der Waals surface area contributed by atoms with Gasteiger partial charge in [-0.25, -0.2) is 13.4 Å². The summed E-state index contributed by atoms with van der Waals surface area (Å²) in [5.74, 6) is 1.56. The number of fused-ring (bicyclic) bond motifs is 1. The van der Waals surface area contributed by atoms with Crippen LogP contribution in [0.15, 0.2) is 65.6 Å². The number of benzene rings is 3. The van der Waals surface area contributed by atoms with Crippen molar-refractivity contribution < 1.29 is 17.9 Å². The van der Waals surface area contributed by atoms with Crippen LogP contribution in [0.2, 0.25) is 0 Å². The van der Waals surface area contributed by atoms with E-state index in [0.717, 1.165) is 45.0 Å². The highest BCUT2D eigenvalue weighted by molar-refractivity contribution is 7.91. The minimum atomic E-state index is -3.27. The van der Waals surface area contributed by atoms with E-state index in [4.69, 9.17) is 9.72 Å². The largest absolute Gasteiger partial charge is 0.497 e. The van der Waals surface area contributed by atoms with Crippen LogP contribution in [-0.4, -0.2) is 36.7 Å².